The predicted molar refractivity (Wildman–Crippen MR) is 125 cm³/mol. The molecule has 3 nitrogen and oxygen atoms in total. The van der Waals surface area contributed by atoms with E-state index in [1.807, 2.05) is 13.0 Å². The maximum atomic E-state index is 13.6. The number of rotatable bonds is 2. The molecule has 0 amide bonds. The third-order valence-corrected chi connectivity index (χ3v) is 7.05. The number of nitrogens with one attached hydrogen (secondary N) is 1. The smallest absolute Gasteiger partial charge is 0.162 e. The first-order valence-corrected chi connectivity index (χ1v) is 11.0. The van der Waals surface area contributed by atoms with Gasteiger partial charge in [0.25, 0.3) is 0 Å². The molecule has 0 spiro atoms. The summed E-state index contributed by atoms with van der Waals surface area (Å²) in [5.74, 6) is 0.0362. The van der Waals surface area contributed by atoms with Crippen LogP contribution >= 0.6 is 0 Å². The van der Waals surface area contributed by atoms with E-state index in [2.05, 4.69) is 70.3 Å². The summed E-state index contributed by atoms with van der Waals surface area (Å²) >= 11 is 0. The Bertz CT molecular complexity index is 1180. The summed E-state index contributed by atoms with van der Waals surface area (Å²) < 4.78 is 0. The van der Waals surface area contributed by atoms with Crippen LogP contribution in [0.5, 0.6) is 0 Å². The van der Waals surface area contributed by atoms with Gasteiger partial charge in [-0.25, -0.2) is 0 Å². The number of aryl methyl sites for hydroxylation is 4. The summed E-state index contributed by atoms with van der Waals surface area (Å²) in [5.41, 5.74) is 11.8. The van der Waals surface area contributed by atoms with Crippen LogP contribution in [0.25, 0.3) is 0 Å². The molecular formula is C28H30N2O. The number of allylic oxidation sites excluding steroid dienone is 4. The van der Waals surface area contributed by atoms with Crippen molar-refractivity contribution in [3.63, 3.8) is 0 Å². The van der Waals surface area contributed by atoms with E-state index in [4.69, 9.17) is 0 Å². The van der Waals surface area contributed by atoms with E-state index in [9.17, 15) is 10.1 Å². The van der Waals surface area contributed by atoms with E-state index < -0.39 is 0 Å². The van der Waals surface area contributed by atoms with Gasteiger partial charge in [-0.3, -0.25) is 4.79 Å². The average molecular weight is 411 g/mol. The number of nitriles is 1. The first-order chi connectivity index (χ1) is 14.7. The van der Waals surface area contributed by atoms with Crippen molar-refractivity contribution in [3.05, 3.63) is 91.8 Å². The van der Waals surface area contributed by atoms with Crippen LogP contribution in [0.4, 0.5) is 0 Å². The van der Waals surface area contributed by atoms with Crippen molar-refractivity contribution >= 4 is 5.78 Å². The Kier molecular flexibility index (Phi) is 5.35. The minimum Gasteiger partial charge on any atom is -0.361 e. The van der Waals surface area contributed by atoms with Gasteiger partial charge in [-0.1, -0.05) is 35.9 Å². The Labute approximate surface area is 185 Å². The molecule has 0 saturated heterocycles. The second kappa shape index (κ2) is 7.85. The minimum absolute atomic E-state index is 0.157. The molecular weight excluding hydrogens is 380 g/mol. The molecule has 2 aromatic rings. The average Bonchev–Trinajstić information content (AvgIpc) is 2.68. The van der Waals surface area contributed by atoms with Crippen LogP contribution in [-0.2, 0) is 4.79 Å². The number of benzene rings is 2. The number of carbonyl (C=O) groups is 1. The number of hydrogen-bond acceptors (Lipinski definition) is 3. The van der Waals surface area contributed by atoms with Gasteiger partial charge >= 0.3 is 0 Å². The zero-order valence-electron chi connectivity index (χ0n) is 19.3. The standard InChI is InChI=1S/C28H30N2O/c1-15-10-17(3)26(18(4)11-15)21-12-24-28(25(31)13-21)27(23(14-29)20(6)30-24)22-9-7-8-16(2)19(22)5/h7-11,21,27,30H,12-13H2,1-6H3. The van der Waals surface area contributed by atoms with Crippen molar-refractivity contribution < 1.29 is 4.79 Å². The van der Waals surface area contributed by atoms with Crippen LogP contribution < -0.4 is 5.32 Å². The van der Waals surface area contributed by atoms with Crippen molar-refractivity contribution in [2.75, 3.05) is 0 Å². The second-order valence-corrected chi connectivity index (χ2v) is 9.23. The number of Topliss-reactive ketones (excluding diaryl/α,β-unsaturated/α-hetero) is 1. The highest BCUT2D eigenvalue weighted by Gasteiger charge is 2.40. The molecule has 0 radical (unpaired) electrons. The van der Waals surface area contributed by atoms with Crippen LogP contribution in [0.2, 0.25) is 0 Å². The molecule has 0 aromatic heterocycles. The number of ketones is 1. The SMILES string of the molecule is CC1=C(C#N)C(c2cccc(C)c2C)C2=C(CC(c3c(C)cc(C)cc3C)CC2=O)N1. The van der Waals surface area contributed by atoms with Crippen LogP contribution in [0, 0.1) is 45.9 Å². The lowest BCUT2D eigenvalue weighted by atomic mass is 9.70. The quantitative estimate of drug-likeness (QED) is 0.649. The molecule has 3 heteroatoms. The molecule has 2 aliphatic rings. The van der Waals surface area contributed by atoms with E-state index in [0.717, 1.165) is 34.5 Å². The van der Waals surface area contributed by atoms with Gasteiger partial charge in [0.1, 0.15) is 0 Å². The summed E-state index contributed by atoms with van der Waals surface area (Å²) in [6, 6.07) is 13.0. The number of nitrogens with zero attached hydrogens (tertiary/aromatic N) is 1. The Morgan fingerprint density at radius 1 is 0.968 bits per heavy atom. The molecule has 2 aromatic carbocycles. The zero-order chi connectivity index (χ0) is 22.4. The molecule has 2 unspecified atom stereocenters. The van der Waals surface area contributed by atoms with Crippen LogP contribution in [0.3, 0.4) is 0 Å². The lowest BCUT2D eigenvalue weighted by molar-refractivity contribution is -0.116. The molecule has 1 N–H and O–H groups in total. The maximum Gasteiger partial charge on any atom is 0.162 e. The molecule has 0 saturated carbocycles. The van der Waals surface area contributed by atoms with Gasteiger partial charge in [0.05, 0.1) is 17.6 Å². The van der Waals surface area contributed by atoms with Gasteiger partial charge in [-0.15, -0.1) is 0 Å². The second-order valence-electron chi connectivity index (χ2n) is 9.23. The largest absolute Gasteiger partial charge is 0.361 e. The predicted octanol–water partition coefficient (Wildman–Crippen LogP) is 6.11. The first kappa shape index (κ1) is 21.1. The van der Waals surface area contributed by atoms with Crippen molar-refractivity contribution in [2.24, 2.45) is 0 Å². The van der Waals surface area contributed by atoms with Crippen molar-refractivity contribution in [1.82, 2.24) is 5.32 Å². The van der Waals surface area contributed by atoms with Crippen LogP contribution in [-0.4, -0.2) is 5.78 Å². The molecule has 158 valence electrons. The maximum absolute atomic E-state index is 13.6. The monoisotopic (exact) mass is 410 g/mol. The highest BCUT2D eigenvalue weighted by Crippen LogP contribution is 2.47. The van der Waals surface area contributed by atoms with E-state index in [1.165, 1.54) is 27.8 Å². The van der Waals surface area contributed by atoms with E-state index in [1.54, 1.807) is 0 Å². The molecule has 0 fully saturated rings. The van der Waals surface area contributed by atoms with Crippen LogP contribution in [0.1, 0.15) is 70.5 Å². The Morgan fingerprint density at radius 2 is 1.65 bits per heavy atom. The molecule has 1 heterocycles. The molecule has 0 bridgehead atoms. The summed E-state index contributed by atoms with van der Waals surface area (Å²) in [7, 11) is 0. The Balaban J connectivity index is 1.85. The van der Waals surface area contributed by atoms with Crippen LogP contribution in [0.15, 0.2) is 52.9 Å². The molecule has 31 heavy (non-hydrogen) atoms. The topological polar surface area (TPSA) is 52.9 Å². The van der Waals surface area contributed by atoms with Gasteiger partial charge in [-0.2, -0.15) is 5.26 Å². The number of hydrogen-bond donors (Lipinski definition) is 1. The van der Waals surface area contributed by atoms with Crippen molar-refractivity contribution in [2.45, 2.75) is 66.2 Å². The van der Waals surface area contributed by atoms with E-state index in [0.29, 0.717) is 12.0 Å². The normalized spacial score (nSPS) is 21.0. The van der Waals surface area contributed by atoms with Gasteiger partial charge in [0.2, 0.25) is 0 Å². The van der Waals surface area contributed by atoms with Gasteiger partial charge < -0.3 is 5.32 Å². The van der Waals surface area contributed by atoms with Crippen molar-refractivity contribution in [1.29, 1.82) is 5.26 Å². The number of dihydropyridines is 1. The molecule has 1 aliphatic heterocycles. The minimum atomic E-state index is -0.283. The molecule has 1 aliphatic carbocycles. The third-order valence-electron chi connectivity index (χ3n) is 7.05. The lowest BCUT2D eigenvalue weighted by Gasteiger charge is -2.37. The van der Waals surface area contributed by atoms with Crippen molar-refractivity contribution in [3.8, 4) is 6.07 Å². The Morgan fingerprint density at radius 3 is 2.29 bits per heavy atom. The summed E-state index contributed by atoms with van der Waals surface area (Å²) in [4.78, 5) is 13.6. The van der Waals surface area contributed by atoms with E-state index >= 15 is 0 Å². The lowest BCUT2D eigenvalue weighted by Crippen LogP contribution is -2.34. The fourth-order valence-electron chi connectivity index (χ4n) is 5.62. The highest BCUT2D eigenvalue weighted by atomic mass is 16.1. The zero-order valence-corrected chi connectivity index (χ0v) is 19.3. The molecule has 4 rings (SSSR count). The summed E-state index contributed by atoms with van der Waals surface area (Å²) in [6.45, 7) is 12.5. The fraction of sp³-hybridized carbons (Fsp3) is 0.357. The molecule has 2 atom stereocenters. The Hall–Kier alpha value is -3.12. The third kappa shape index (κ3) is 3.51. The fourth-order valence-corrected chi connectivity index (χ4v) is 5.62. The van der Waals surface area contributed by atoms with E-state index in [-0.39, 0.29) is 17.6 Å². The number of carbonyl (C=O) groups excluding carboxylic acids is 1. The van der Waals surface area contributed by atoms with Gasteiger partial charge in [-0.05, 0) is 87.3 Å². The van der Waals surface area contributed by atoms with Gasteiger partial charge in [0, 0.05) is 23.4 Å². The van der Waals surface area contributed by atoms with Gasteiger partial charge in [0.15, 0.2) is 5.78 Å². The first-order valence-electron chi connectivity index (χ1n) is 11.0. The highest BCUT2D eigenvalue weighted by molar-refractivity contribution is 6.00. The summed E-state index contributed by atoms with van der Waals surface area (Å²) in [6.07, 6.45) is 1.29. The summed E-state index contributed by atoms with van der Waals surface area (Å²) in [5, 5.41) is 13.4.